The van der Waals surface area contributed by atoms with E-state index in [0.717, 1.165) is 32.1 Å². The Morgan fingerprint density at radius 2 is 2.00 bits per heavy atom. The van der Waals surface area contributed by atoms with Crippen LogP contribution in [0, 0.1) is 11.3 Å². The van der Waals surface area contributed by atoms with Gasteiger partial charge in [-0.2, -0.15) is 0 Å². The summed E-state index contributed by atoms with van der Waals surface area (Å²) in [4.78, 5) is 14.1. The van der Waals surface area contributed by atoms with E-state index in [1.807, 2.05) is 0 Å². The maximum absolute atomic E-state index is 11.5. The number of hydrogen-bond donors (Lipinski definition) is 1. The van der Waals surface area contributed by atoms with E-state index in [4.69, 9.17) is 4.74 Å². The van der Waals surface area contributed by atoms with Crippen LogP contribution in [-0.2, 0) is 9.53 Å². The molecular weight excluding hydrogens is 252 g/mol. The largest absolute Gasteiger partial charge is 0.469 e. The Morgan fingerprint density at radius 1 is 1.30 bits per heavy atom. The van der Waals surface area contributed by atoms with Crippen molar-refractivity contribution in [3.05, 3.63) is 0 Å². The molecule has 1 heterocycles. The molecule has 4 heteroatoms. The van der Waals surface area contributed by atoms with E-state index in [0.29, 0.717) is 23.8 Å². The van der Waals surface area contributed by atoms with E-state index in [9.17, 15) is 4.79 Å². The number of nitrogens with zero attached hydrogens (tertiary/aromatic N) is 1. The molecule has 0 spiro atoms. The Labute approximate surface area is 123 Å². The summed E-state index contributed by atoms with van der Waals surface area (Å²) >= 11 is 0. The van der Waals surface area contributed by atoms with Gasteiger partial charge >= 0.3 is 5.97 Å². The average molecular weight is 282 g/mol. The lowest BCUT2D eigenvalue weighted by Crippen LogP contribution is -2.51. The van der Waals surface area contributed by atoms with Crippen molar-refractivity contribution in [2.24, 2.45) is 11.3 Å². The first kappa shape index (κ1) is 15.8. The molecule has 2 atom stereocenters. The number of rotatable bonds is 5. The van der Waals surface area contributed by atoms with Crippen LogP contribution in [0.15, 0.2) is 0 Å². The highest BCUT2D eigenvalue weighted by Crippen LogP contribution is 2.32. The molecule has 2 unspecified atom stereocenters. The fourth-order valence-electron chi connectivity index (χ4n) is 3.04. The first-order valence-corrected chi connectivity index (χ1v) is 7.91. The molecule has 0 amide bonds. The van der Waals surface area contributed by atoms with E-state index in [-0.39, 0.29) is 5.97 Å². The molecule has 0 radical (unpaired) electrons. The third-order valence-corrected chi connectivity index (χ3v) is 4.23. The van der Waals surface area contributed by atoms with Crippen LogP contribution in [0.4, 0.5) is 0 Å². The summed E-state index contributed by atoms with van der Waals surface area (Å²) in [5, 5.41) is 3.70. The van der Waals surface area contributed by atoms with Crippen molar-refractivity contribution < 1.29 is 9.53 Å². The predicted molar refractivity (Wildman–Crippen MR) is 80.6 cm³/mol. The zero-order chi connectivity index (χ0) is 14.8. The van der Waals surface area contributed by atoms with Gasteiger partial charge in [-0.15, -0.1) is 0 Å². The number of hydrogen-bond acceptors (Lipinski definition) is 4. The maximum atomic E-state index is 11.5. The Kier molecular flexibility index (Phi) is 5.08. The molecule has 0 aromatic rings. The number of methoxy groups -OCH3 is 1. The van der Waals surface area contributed by atoms with Crippen LogP contribution in [0.3, 0.4) is 0 Å². The lowest BCUT2D eigenvalue weighted by atomic mass is 9.90. The van der Waals surface area contributed by atoms with Crippen molar-refractivity contribution in [3.63, 3.8) is 0 Å². The fourth-order valence-corrected chi connectivity index (χ4v) is 3.04. The number of ether oxygens (including phenoxy) is 1. The van der Waals surface area contributed by atoms with Crippen molar-refractivity contribution in [2.45, 2.75) is 58.5 Å². The van der Waals surface area contributed by atoms with Crippen LogP contribution in [0.5, 0.6) is 0 Å². The molecule has 2 aliphatic rings. The molecule has 0 bridgehead atoms. The Morgan fingerprint density at radius 3 is 2.55 bits per heavy atom. The van der Waals surface area contributed by atoms with Crippen molar-refractivity contribution >= 4 is 5.97 Å². The van der Waals surface area contributed by atoms with Crippen LogP contribution in [-0.4, -0.2) is 49.7 Å². The standard InChI is InChI=1S/C16H30N2O2/c1-16(2,3)11-17-13-7-12(8-15(19)20-4)9-18(10-13)14-5-6-14/h12-14,17H,5-11H2,1-4H3. The van der Waals surface area contributed by atoms with E-state index in [1.54, 1.807) is 0 Å². The van der Waals surface area contributed by atoms with Gasteiger partial charge in [-0.05, 0) is 30.6 Å². The number of nitrogens with one attached hydrogen (secondary N) is 1. The second kappa shape index (κ2) is 6.44. The highest BCUT2D eigenvalue weighted by Gasteiger charge is 2.36. The van der Waals surface area contributed by atoms with Crippen molar-refractivity contribution in [3.8, 4) is 0 Å². The fraction of sp³-hybridized carbons (Fsp3) is 0.938. The summed E-state index contributed by atoms with van der Waals surface area (Å²) in [7, 11) is 1.49. The lowest BCUT2D eigenvalue weighted by molar-refractivity contribution is -0.142. The Balaban J connectivity index is 1.88. The number of esters is 1. The summed E-state index contributed by atoms with van der Waals surface area (Å²) in [5.74, 6) is 0.372. The lowest BCUT2D eigenvalue weighted by Gasteiger charge is -2.39. The second-order valence-electron chi connectivity index (χ2n) is 7.71. The smallest absolute Gasteiger partial charge is 0.305 e. The van der Waals surface area contributed by atoms with Crippen LogP contribution in [0.25, 0.3) is 0 Å². The highest BCUT2D eigenvalue weighted by atomic mass is 16.5. The minimum Gasteiger partial charge on any atom is -0.469 e. The molecule has 1 aliphatic heterocycles. The maximum Gasteiger partial charge on any atom is 0.305 e. The van der Waals surface area contributed by atoms with Crippen molar-refractivity contribution in [2.75, 3.05) is 26.7 Å². The van der Waals surface area contributed by atoms with E-state index >= 15 is 0 Å². The molecule has 0 aromatic carbocycles. The number of likely N-dealkylation sites (tertiary alicyclic amines) is 1. The minimum atomic E-state index is -0.0674. The molecule has 116 valence electrons. The van der Waals surface area contributed by atoms with Gasteiger partial charge in [0.15, 0.2) is 0 Å². The van der Waals surface area contributed by atoms with Gasteiger partial charge in [0.25, 0.3) is 0 Å². The molecule has 20 heavy (non-hydrogen) atoms. The summed E-state index contributed by atoms with van der Waals surface area (Å²) in [5.41, 5.74) is 0.305. The number of carbonyl (C=O) groups is 1. The molecule has 1 saturated carbocycles. The number of piperidine rings is 1. The van der Waals surface area contributed by atoms with Gasteiger partial charge in [-0.25, -0.2) is 0 Å². The second-order valence-corrected chi connectivity index (χ2v) is 7.71. The van der Waals surface area contributed by atoms with Crippen LogP contribution < -0.4 is 5.32 Å². The SMILES string of the molecule is COC(=O)CC1CC(NCC(C)(C)C)CN(C2CC2)C1. The van der Waals surface area contributed by atoms with E-state index < -0.39 is 0 Å². The van der Waals surface area contributed by atoms with Gasteiger partial charge in [0.2, 0.25) is 0 Å². The number of carbonyl (C=O) groups excluding carboxylic acids is 1. The molecule has 2 rings (SSSR count). The molecule has 1 aliphatic carbocycles. The van der Waals surface area contributed by atoms with Gasteiger partial charge in [0, 0.05) is 38.1 Å². The minimum absolute atomic E-state index is 0.0674. The normalized spacial score (nSPS) is 28.4. The zero-order valence-corrected chi connectivity index (χ0v) is 13.4. The molecule has 4 nitrogen and oxygen atoms in total. The van der Waals surface area contributed by atoms with E-state index in [1.165, 1.54) is 20.0 Å². The molecule has 2 fully saturated rings. The summed E-state index contributed by atoms with van der Waals surface area (Å²) in [6, 6.07) is 1.28. The van der Waals surface area contributed by atoms with Gasteiger partial charge in [-0.3, -0.25) is 9.69 Å². The highest BCUT2D eigenvalue weighted by molar-refractivity contribution is 5.69. The Hall–Kier alpha value is -0.610. The third-order valence-electron chi connectivity index (χ3n) is 4.23. The van der Waals surface area contributed by atoms with Crippen molar-refractivity contribution in [1.82, 2.24) is 10.2 Å². The predicted octanol–water partition coefficient (Wildman–Crippen LogP) is 2.04. The Bertz CT molecular complexity index is 334. The first-order chi connectivity index (χ1) is 9.37. The van der Waals surface area contributed by atoms with Gasteiger partial charge in [0.05, 0.1) is 7.11 Å². The summed E-state index contributed by atoms with van der Waals surface area (Å²) < 4.78 is 4.84. The summed E-state index contributed by atoms with van der Waals surface area (Å²) in [6.07, 6.45) is 4.32. The average Bonchev–Trinajstić information content (AvgIpc) is 3.19. The monoisotopic (exact) mass is 282 g/mol. The third kappa shape index (κ3) is 5.06. The van der Waals surface area contributed by atoms with Crippen LogP contribution in [0.2, 0.25) is 0 Å². The topological polar surface area (TPSA) is 41.6 Å². The van der Waals surface area contributed by atoms with Crippen LogP contribution in [0.1, 0.15) is 46.5 Å². The van der Waals surface area contributed by atoms with Gasteiger partial charge in [0.1, 0.15) is 0 Å². The van der Waals surface area contributed by atoms with Gasteiger partial charge < -0.3 is 10.1 Å². The van der Waals surface area contributed by atoms with E-state index in [2.05, 4.69) is 31.0 Å². The zero-order valence-electron chi connectivity index (χ0n) is 13.4. The van der Waals surface area contributed by atoms with Crippen LogP contribution >= 0.6 is 0 Å². The molecule has 1 saturated heterocycles. The van der Waals surface area contributed by atoms with Gasteiger partial charge in [-0.1, -0.05) is 20.8 Å². The molecular formula is C16H30N2O2. The molecule has 0 aromatic heterocycles. The van der Waals surface area contributed by atoms with Crippen molar-refractivity contribution in [1.29, 1.82) is 0 Å². The first-order valence-electron chi connectivity index (χ1n) is 7.91. The summed E-state index contributed by atoms with van der Waals surface area (Å²) in [6.45, 7) is 10.0. The quantitative estimate of drug-likeness (QED) is 0.784. The molecule has 1 N–H and O–H groups in total.